The van der Waals surface area contributed by atoms with Gasteiger partial charge in [0.05, 0.1) is 12.0 Å². The molecule has 0 radical (unpaired) electrons. The summed E-state index contributed by atoms with van der Waals surface area (Å²) >= 11 is 0. The molecule has 9 heavy (non-hydrogen) atoms. The molecule has 1 aliphatic carbocycles. The number of aliphatic hydroxyl groups is 1. The molecule has 2 nitrogen and oxygen atoms in total. The number of hydrogen-bond donors (Lipinski definition) is 1. The van der Waals surface area contributed by atoms with Crippen LogP contribution in [0.1, 0.15) is 26.2 Å². The van der Waals surface area contributed by atoms with Crippen LogP contribution < -0.4 is 0 Å². The molecule has 0 bridgehead atoms. The number of carbonyl (C=O) groups is 1. The van der Waals surface area contributed by atoms with Gasteiger partial charge < -0.3 is 5.11 Å². The van der Waals surface area contributed by atoms with E-state index in [9.17, 15) is 4.79 Å². The summed E-state index contributed by atoms with van der Waals surface area (Å²) in [4.78, 5) is 10.8. The van der Waals surface area contributed by atoms with Crippen molar-refractivity contribution in [2.45, 2.75) is 26.2 Å². The van der Waals surface area contributed by atoms with Crippen LogP contribution in [0.3, 0.4) is 0 Å². The number of rotatable bonds is 2. The first-order chi connectivity index (χ1) is 4.21. The molecule has 2 heteroatoms. The Kier molecular flexibility index (Phi) is 1.58. The van der Waals surface area contributed by atoms with Crippen molar-refractivity contribution in [3.63, 3.8) is 0 Å². The molecule has 0 unspecified atom stereocenters. The molecule has 0 atom stereocenters. The van der Waals surface area contributed by atoms with E-state index in [2.05, 4.69) is 0 Å². The molecule has 0 aliphatic heterocycles. The first-order valence-corrected chi connectivity index (χ1v) is 3.33. The van der Waals surface area contributed by atoms with E-state index in [0.29, 0.717) is 0 Å². The van der Waals surface area contributed by atoms with Gasteiger partial charge in [0.15, 0.2) is 0 Å². The van der Waals surface area contributed by atoms with Crippen molar-refractivity contribution in [1.29, 1.82) is 0 Å². The second-order valence-corrected chi connectivity index (χ2v) is 2.85. The SMILES string of the molecule is CC(=O)C1(CO)CCC1. The van der Waals surface area contributed by atoms with Crippen LogP contribution >= 0.6 is 0 Å². The Hall–Kier alpha value is -0.370. The van der Waals surface area contributed by atoms with Gasteiger partial charge in [-0.25, -0.2) is 0 Å². The lowest BCUT2D eigenvalue weighted by molar-refractivity contribution is -0.134. The maximum absolute atomic E-state index is 10.8. The predicted molar refractivity (Wildman–Crippen MR) is 34.1 cm³/mol. The molecule has 1 aliphatic rings. The van der Waals surface area contributed by atoms with Gasteiger partial charge in [-0.3, -0.25) is 4.79 Å². The molecule has 1 N–H and O–H groups in total. The molecule has 0 saturated heterocycles. The Morgan fingerprint density at radius 1 is 1.67 bits per heavy atom. The fourth-order valence-electron chi connectivity index (χ4n) is 1.23. The Morgan fingerprint density at radius 3 is 2.22 bits per heavy atom. The van der Waals surface area contributed by atoms with E-state index in [-0.39, 0.29) is 17.8 Å². The first-order valence-electron chi connectivity index (χ1n) is 3.33. The highest BCUT2D eigenvalue weighted by Gasteiger charge is 2.40. The van der Waals surface area contributed by atoms with Gasteiger partial charge in [-0.05, 0) is 19.8 Å². The van der Waals surface area contributed by atoms with Gasteiger partial charge in [0, 0.05) is 0 Å². The largest absolute Gasteiger partial charge is 0.395 e. The van der Waals surface area contributed by atoms with Crippen molar-refractivity contribution in [2.24, 2.45) is 5.41 Å². The Morgan fingerprint density at radius 2 is 2.22 bits per heavy atom. The fourth-order valence-corrected chi connectivity index (χ4v) is 1.23. The summed E-state index contributed by atoms with van der Waals surface area (Å²) in [5.41, 5.74) is -0.319. The van der Waals surface area contributed by atoms with Crippen LogP contribution in [-0.2, 0) is 4.79 Å². The van der Waals surface area contributed by atoms with E-state index in [0.717, 1.165) is 19.3 Å². The van der Waals surface area contributed by atoms with Gasteiger partial charge in [-0.15, -0.1) is 0 Å². The minimum Gasteiger partial charge on any atom is -0.395 e. The third kappa shape index (κ3) is 0.874. The fraction of sp³-hybridized carbons (Fsp3) is 0.857. The van der Waals surface area contributed by atoms with Crippen molar-refractivity contribution in [1.82, 2.24) is 0 Å². The molecular weight excluding hydrogens is 116 g/mol. The van der Waals surface area contributed by atoms with Crippen LogP contribution in [0.5, 0.6) is 0 Å². The van der Waals surface area contributed by atoms with Crippen LogP contribution in [-0.4, -0.2) is 17.5 Å². The maximum Gasteiger partial charge on any atom is 0.138 e. The Labute approximate surface area is 54.9 Å². The molecule has 0 heterocycles. The monoisotopic (exact) mass is 128 g/mol. The van der Waals surface area contributed by atoms with Gasteiger partial charge in [-0.2, -0.15) is 0 Å². The molecule has 0 amide bonds. The first kappa shape index (κ1) is 6.75. The van der Waals surface area contributed by atoms with Crippen LogP contribution in [0.25, 0.3) is 0 Å². The van der Waals surface area contributed by atoms with Crippen molar-refractivity contribution in [3.8, 4) is 0 Å². The van der Waals surface area contributed by atoms with Gasteiger partial charge in [0.25, 0.3) is 0 Å². The quantitative estimate of drug-likeness (QED) is 0.595. The zero-order valence-electron chi connectivity index (χ0n) is 5.68. The van der Waals surface area contributed by atoms with Crippen LogP contribution in [0.15, 0.2) is 0 Å². The highest BCUT2D eigenvalue weighted by molar-refractivity contribution is 5.83. The third-order valence-electron chi connectivity index (χ3n) is 2.36. The second kappa shape index (κ2) is 2.10. The Bertz CT molecular complexity index is 119. The summed E-state index contributed by atoms with van der Waals surface area (Å²) in [6.45, 7) is 1.61. The smallest absolute Gasteiger partial charge is 0.138 e. The predicted octanol–water partition coefficient (Wildman–Crippen LogP) is 0.738. The van der Waals surface area contributed by atoms with E-state index in [4.69, 9.17) is 5.11 Å². The molecular formula is C7H12O2. The van der Waals surface area contributed by atoms with E-state index < -0.39 is 0 Å². The van der Waals surface area contributed by atoms with Crippen LogP contribution in [0.2, 0.25) is 0 Å². The van der Waals surface area contributed by atoms with Crippen LogP contribution in [0, 0.1) is 5.41 Å². The van der Waals surface area contributed by atoms with Gasteiger partial charge in [0.2, 0.25) is 0 Å². The second-order valence-electron chi connectivity index (χ2n) is 2.85. The lowest BCUT2D eigenvalue weighted by atomic mass is 9.67. The highest BCUT2D eigenvalue weighted by atomic mass is 16.3. The van der Waals surface area contributed by atoms with E-state index in [1.165, 1.54) is 0 Å². The van der Waals surface area contributed by atoms with E-state index in [1.54, 1.807) is 6.92 Å². The van der Waals surface area contributed by atoms with Crippen molar-refractivity contribution in [3.05, 3.63) is 0 Å². The normalized spacial score (nSPS) is 22.9. The topological polar surface area (TPSA) is 37.3 Å². The number of Topliss-reactive ketones (excluding diaryl/α,β-unsaturated/α-hetero) is 1. The lowest BCUT2D eigenvalue weighted by Crippen LogP contribution is -2.39. The Balaban J connectivity index is 2.57. The standard InChI is InChI=1S/C7H12O2/c1-6(9)7(5-8)3-2-4-7/h8H,2-5H2,1H3. The zero-order chi connectivity index (χ0) is 6.91. The van der Waals surface area contributed by atoms with Gasteiger partial charge in [0.1, 0.15) is 5.78 Å². The molecule has 0 spiro atoms. The minimum atomic E-state index is -0.319. The molecule has 1 fully saturated rings. The molecule has 0 aromatic carbocycles. The summed E-state index contributed by atoms with van der Waals surface area (Å²) < 4.78 is 0. The van der Waals surface area contributed by atoms with E-state index >= 15 is 0 Å². The summed E-state index contributed by atoms with van der Waals surface area (Å²) in [6, 6.07) is 0. The minimum absolute atomic E-state index is 0.0440. The lowest BCUT2D eigenvalue weighted by Gasteiger charge is -2.37. The summed E-state index contributed by atoms with van der Waals surface area (Å²) in [7, 11) is 0. The highest BCUT2D eigenvalue weighted by Crippen LogP contribution is 2.40. The zero-order valence-corrected chi connectivity index (χ0v) is 5.68. The third-order valence-corrected chi connectivity index (χ3v) is 2.36. The van der Waals surface area contributed by atoms with Gasteiger partial charge in [-0.1, -0.05) is 6.42 Å². The van der Waals surface area contributed by atoms with Crippen molar-refractivity contribution in [2.75, 3.05) is 6.61 Å². The average Bonchev–Trinajstić information content (AvgIpc) is 1.62. The molecule has 0 aromatic heterocycles. The molecule has 1 rings (SSSR count). The average molecular weight is 128 g/mol. The van der Waals surface area contributed by atoms with Crippen LogP contribution in [0.4, 0.5) is 0 Å². The number of hydrogen-bond acceptors (Lipinski definition) is 2. The summed E-state index contributed by atoms with van der Waals surface area (Å²) in [5, 5.41) is 8.79. The molecule has 0 aromatic rings. The van der Waals surface area contributed by atoms with Crippen molar-refractivity contribution >= 4 is 5.78 Å². The number of carbonyl (C=O) groups excluding carboxylic acids is 1. The number of aliphatic hydroxyl groups excluding tert-OH is 1. The molecule has 1 saturated carbocycles. The molecule has 52 valence electrons. The number of ketones is 1. The maximum atomic E-state index is 10.8. The summed E-state index contributed by atoms with van der Waals surface area (Å²) in [5.74, 6) is 0.149. The van der Waals surface area contributed by atoms with Crippen molar-refractivity contribution < 1.29 is 9.90 Å². The summed E-state index contributed by atoms with van der Waals surface area (Å²) in [6.07, 6.45) is 2.87. The van der Waals surface area contributed by atoms with E-state index in [1.807, 2.05) is 0 Å². The van der Waals surface area contributed by atoms with Gasteiger partial charge >= 0.3 is 0 Å².